The Balaban J connectivity index is 2.32. The Kier molecular flexibility index (Phi) is 2.19. The van der Waals surface area contributed by atoms with Crippen LogP contribution in [0.15, 0.2) is 36.0 Å². The summed E-state index contributed by atoms with van der Waals surface area (Å²) in [5, 5.41) is 6.55. The van der Waals surface area contributed by atoms with Gasteiger partial charge >= 0.3 is 0 Å². The van der Waals surface area contributed by atoms with Gasteiger partial charge in [0.05, 0.1) is 4.88 Å². The Hall–Kier alpha value is -1.72. The predicted molar refractivity (Wildman–Crippen MR) is 64.2 cm³/mol. The first-order valence-corrected chi connectivity index (χ1v) is 5.84. The first kappa shape index (κ1) is 9.50. The molecule has 5 heteroatoms. The molecule has 3 aromatic heterocycles. The zero-order valence-electron chi connectivity index (χ0n) is 8.50. The molecule has 0 radical (unpaired) electrons. The average Bonchev–Trinajstić information content (AvgIpc) is 2.95. The third kappa shape index (κ3) is 1.33. The summed E-state index contributed by atoms with van der Waals surface area (Å²) in [6.07, 6.45) is 3.65. The monoisotopic (exact) mass is 230 g/mol. The van der Waals surface area contributed by atoms with E-state index in [4.69, 9.17) is 5.73 Å². The van der Waals surface area contributed by atoms with Crippen molar-refractivity contribution >= 4 is 17.0 Å². The largest absolute Gasteiger partial charge is 0.326 e. The number of rotatable bonds is 2. The van der Waals surface area contributed by atoms with Gasteiger partial charge in [-0.15, -0.1) is 11.3 Å². The zero-order valence-corrected chi connectivity index (χ0v) is 9.31. The highest BCUT2D eigenvalue weighted by molar-refractivity contribution is 7.13. The minimum absolute atomic E-state index is 0.452. The summed E-state index contributed by atoms with van der Waals surface area (Å²) in [4.78, 5) is 5.44. The van der Waals surface area contributed by atoms with E-state index >= 15 is 0 Å². The lowest BCUT2D eigenvalue weighted by atomic mass is 10.2. The van der Waals surface area contributed by atoms with Gasteiger partial charge in [-0.3, -0.25) is 0 Å². The highest BCUT2D eigenvalue weighted by Gasteiger charge is 2.14. The number of nitrogens with two attached hydrogens (primary N) is 1. The maximum Gasteiger partial charge on any atom is 0.160 e. The van der Waals surface area contributed by atoms with Crippen LogP contribution in [0, 0.1) is 0 Å². The Labute approximate surface area is 96.4 Å². The lowest BCUT2D eigenvalue weighted by molar-refractivity contribution is 0.943. The molecule has 0 aliphatic rings. The van der Waals surface area contributed by atoms with E-state index in [1.165, 1.54) is 0 Å². The third-order valence-corrected chi connectivity index (χ3v) is 3.33. The molecule has 16 heavy (non-hydrogen) atoms. The van der Waals surface area contributed by atoms with Crippen LogP contribution in [0.4, 0.5) is 0 Å². The Bertz CT molecular complexity index is 612. The van der Waals surface area contributed by atoms with Crippen molar-refractivity contribution in [3.05, 3.63) is 41.5 Å². The predicted octanol–water partition coefficient (Wildman–Crippen LogP) is 1.92. The smallest absolute Gasteiger partial charge is 0.160 e. The first-order valence-electron chi connectivity index (χ1n) is 4.96. The summed E-state index contributed by atoms with van der Waals surface area (Å²) < 4.78 is 1.78. The highest BCUT2D eigenvalue weighted by atomic mass is 32.1. The van der Waals surface area contributed by atoms with Crippen LogP contribution >= 0.6 is 11.3 Å². The van der Waals surface area contributed by atoms with Crippen molar-refractivity contribution in [2.75, 3.05) is 0 Å². The van der Waals surface area contributed by atoms with Gasteiger partial charge < -0.3 is 5.73 Å². The minimum Gasteiger partial charge on any atom is -0.326 e. The SMILES string of the molecule is NCc1c(-c2cccs2)nn2cccnc12. The Morgan fingerprint density at radius 3 is 3.06 bits per heavy atom. The van der Waals surface area contributed by atoms with Crippen LogP contribution in [-0.2, 0) is 6.54 Å². The second kappa shape index (κ2) is 3.70. The van der Waals surface area contributed by atoms with Crippen LogP contribution < -0.4 is 5.73 Å². The molecule has 3 aromatic rings. The highest BCUT2D eigenvalue weighted by Crippen LogP contribution is 2.28. The van der Waals surface area contributed by atoms with Crippen LogP contribution in [0.1, 0.15) is 5.56 Å². The van der Waals surface area contributed by atoms with E-state index in [2.05, 4.69) is 10.1 Å². The quantitative estimate of drug-likeness (QED) is 0.731. The molecule has 0 amide bonds. The Morgan fingerprint density at radius 1 is 1.38 bits per heavy atom. The molecule has 3 rings (SSSR count). The van der Waals surface area contributed by atoms with E-state index in [0.29, 0.717) is 6.54 Å². The van der Waals surface area contributed by atoms with Crippen molar-refractivity contribution < 1.29 is 0 Å². The average molecular weight is 230 g/mol. The lowest BCUT2D eigenvalue weighted by Crippen LogP contribution is -1.98. The van der Waals surface area contributed by atoms with Crippen LogP contribution in [0.3, 0.4) is 0 Å². The van der Waals surface area contributed by atoms with Crippen LogP contribution in [-0.4, -0.2) is 14.6 Å². The van der Waals surface area contributed by atoms with Gasteiger partial charge in [-0.05, 0) is 17.5 Å². The van der Waals surface area contributed by atoms with Gasteiger partial charge in [-0.25, -0.2) is 9.50 Å². The van der Waals surface area contributed by atoms with Gasteiger partial charge in [0.2, 0.25) is 0 Å². The normalized spacial score (nSPS) is 11.1. The van der Waals surface area contributed by atoms with Crippen molar-refractivity contribution in [1.29, 1.82) is 0 Å². The lowest BCUT2D eigenvalue weighted by Gasteiger charge is -1.95. The van der Waals surface area contributed by atoms with Crippen LogP contribution in [0.2, 0.25) is 0 Å². The maximum atomic E-state index is 5.78. The van der Waals surface area contributed by atoms with Crippen molar-refractivity contribution in [2.45, 2.75) is 6.54 Å². The number of hydrogen-bond acceptors (Lipinski definition) is 4. The van der Waals surface area contributed by atoms with Gasteiger partial charge in [0.15, 0.2) is 5.65 Å². The number of thiophene rings is 1. The summed E-state index contributed by atoms with van der Waals surface area (Å²) in [6, 6.07) is 5.92. The van der Waals surface area contributed by atoms with Crippen LogP contribution in [0.5, 0.6) is 0 Å². The fourth-order valence-electron chi connectivity index (χ4n) is 1.73. The number of fused-ring (bicyclic) bond motifs is 1. The molecule has 0 aliphatic carbocycles. The molecule has 0 aromatic carbocycles. The molecule has 0 saturated carbocycles. The van der Waals surface area contributed by atoms with E-state index in [0.717, 1.165) is 21.8 Å². The van der Waals surface area contributed by atoms with Gasteiger partial charge in [0.25, 0.3) is 0 Å². The van der Waals surface area contributed by atoms with E-state index in [-0.39, 0.29) is 0 Å². The summed E-state index contributed by atoms with van der Waals surface area (Å²) in [7, 11) is 0. The van der Waals surface area contributed by atoms with Crippen molar-refractivity contribution in [2.24, 2.45) is 5.73 Å². The van der Waals surface area contributed by atoms with Gasteiger partial charge in [-0.2, -0.15) is 5.10 Å². The molecular formula is C11H10N4S. The van der Waals surface area contributed by atoms with Crippen molar-refractivity contribution in [3.63, 3.8) is 0 Å². The Morgan fingerprint density at radius 2 is 2.31 bits per heavy atom. The van der Waals surface area contributed by atoms with Gasteiger partial charge in [0.1, 0.15) is 5.69 Å². The molecule has 0 unspecified atom stereocenters. The topological polar surface area (TPSA) is 56.2 Å². The molecule has 0 spiro atoms. The standard InChI is InChI=1S/C11H10N4S/c12-7-8-10(9-3-1-6-16-9)14-15-5-2-4-13-11(8)15/h1-6H,7,12H2. The molecule has 0 fully saturated rings. The van der Waals surface area contributed by atoms with E-state index in [1.807, 2.05) is 29.8 Å². The number of nitrogens with zero attached hydrogens (tertiary/aromatic N) is 3. The summed E-state index contributed by atoms with van der Waals surface area (Å²) in [6.45, 7) is 0.452. The molecule has 0 bridgehead atoms. The first-order chi connectivity index (χ1) is 7.90. The van der Waals surface area contributed by atoms with Gasteiger partial charge in [-0.1, -0.05) is 6.07 Å². The molecule has 3 heterocycles. The number of hydrogen-bond donors (Lipinski definition) is 1. The molecule has 2 N–H and O–H groups in total. The maximum absolute atomic E-state index is 5.78. The van der Waals surface area contributed by atoms with E-state index in [1.54, 1.807) is 22.0 Å². The summed E-state index contributed by atoms with van der Waals surface area (Å²) >= 11 is 1.66. The van der Waals surface area contributed by atoms with Crippen molar-refractivity contribution in [1.82, 2.24) is 14.6 Å². The van der Waals surface area contributed by atoms with E-state index < -0.39 is 0 Å². The summed E-state index contributed by atoms with van der Waals surface area (Å²) in [5.74, 6) is 0. The molecular weight excluding hydrogens is 220 g/mol. The van der Waals surface area contributed by atoms with Gasteiger partial charge in [0, 0.05) is 24.5 Å². The van der Waals surface area contributed by atoms with E-state index in [9.17, 15) is 0 Å². The molecule has 0 atom stereocenters. The second-order valence-corrected chi connectivity index (χ2v) is 4.34. The van der Waals surface area contributed by atoms with Crippen LogP contribution in [0.25, 0.3) is 16.2 Å². The molecule has 0 aliphatic heterocycles. The molecule has 4 nitrogen and oxygen atoms in total. The van der Waals surface area contributed by atoms with Crippen molar-refractivity contribution in [3.8, 4) is 10.6 Å². The fourth-order valence-corrected chi connectivity index (χ4v) is 2.47. The zero-order chi connectivity index (χ0) is 11.0. The third-order valence-electron chi connectivity index (χ3n) is 2.45. The fraction of sp³-hybridized carbons (Fsp3) is 0.0909. The molecule has 0 saturated heterocycles. The second-order valence-electron chi connectivity index (χ2n) is 3.40. The summed E-state index contributed by atoms with van der Waals surface area (Å²) in [5.41, 5.74) is 8.56. The molecule has 80 valence electrons. The minimum atomic E-state index is 0.452. The number of aromatic nitrogens is 3.